The fourth-order valence-electron chi connectivity index (χ4n) is 0.767. The van der Waals surface area contributed by atoms with E-state index in [0.717, 1.165) is 19.3 Å². The summed E-state index contributed by atoms with van der Waals surface area (Å²) in [5.41, 5.74) is 0. The second kappa shape index (κ2) is 6.43. The summed E-state index contributed by atoms with van der Waals surface area (Å²) in [5, 5.41) is 0. The van der Waals surface area contributed by atoms with Crippen molar-refractivity contribution in [1.29, 1.82) is 0 Å². The van der Waals surface area contributed by atoms with Crippen molar-refractivity contribution >= 4 is 17.7 Å². The Bertz CT molecular complexity index is 119. The minimum absolute atomic E-state index is 0.298. The number of nitrogens with one attached hydrogen (secondary N) is 1. The topological polar surface area (TPSA) is 38.3 Å². The maximum Gasteiger partial charge on any atom is 0.324 e. The standard InChI is InChI=1S/C7H14ClNO2/c1-3-4-5-6(9-8)7(10)11-2/h6,9H,3-5H2,1-2H3. The quantitative estimate of drug-likeness (QED) is 0.513. The Labute approximate surface area is 72.2 Å². The summed E-state index contributed by atoms with van der Waals surface area (Å²) in [6.07, 6.45) is 2.75. The molecule has 0 heterocycles. The van der Waals surface area contributed by atoms with E-state index in [0.29, 0.717) is 0 Å². The van der Waals surface area contributed by atoms with Crippen LogP contribution >= 0.6 is 11.8 Å². The third-order valence-electron chi connectivity index (χ3n) is 1.46. The Morgan fingerprint density at radius 3 is 2.73 bits per heavy atom. The van der Waals surface area contributed by atoms with Gasteiger partial charge in [-0.25, -0.2) is 4.84 Å². The van der Waals surface area contributed by atoms with Crippen LogP contribution in [0.25, 0.3) is 0 Å². The molecule has 1 N–H and O–H groups in total. The first-order valence-electron chi connectivity index (χ1n) is 3.70. The van der Waals surface area contributed by atoms with E-state index in [9.17, 15) is 4.79 Å². The fourth-order valence-corrected chi connectivity index (χ4v) is 0.966. The molecule has 11 heavy (non-hydrogen) atoms. The van der Waals surface area contributed by atoms with Gasteiger partial charge in [0, 0.05) is 0 Å². The number of esters is 1. The van der Waals surface area contributed by atoms with Gasteiger partial charge in [0.05, 0.1) is 7.11 Å². The number of hydrogen-bond donors (Lipinski definition) is 1. The highest BCUT2D eigenvalue weighted by Gasteiger charge is 2.16. The van der Waals surface area contributed by atoms with Crippen molar-refractivity contribution in [2.24, 2.45) is 0 Å². The van der Waals surface area contributed by atoms with Crippen LogP contribution in [-0.4, -0.2) is 19.1 Å². The Hall–Kier alpha value is -0.280. The van der Waals surface area contributed by atoms with Gasteiger partial charge in [-0.05, 0) is 18.2 Å². The maximum atomic E-state index is 10.9. The molecule has 0 aliphatic rings. The van der Waals surface area contributed by atoms with Crippen molar-refractivity contribution in [2.75, 3.05) is 7.11 Å². The highest BCUT2D eigenvalue weighted by Crippen LogP contribution is 2.02. The van der Waals surface area contributed by atoms with Crippen LogP contribution in [0.5, 0.6) is 0 Å². The van der Waals surface area contributed by atoms with E-state index in [1.165, 1.54) is 7.11 Å². The molecule has 0 aliphatic heterocycles. The number of halogens is 1. The lowest BCUT2D eigenvalue weighted by molar-refractivity contribution is -0.142. The minimum Gasteiger partial charge on any atom is -0.468 e. The molecule has 0 aromatic carbocycles. The molecule has 1 atom stereocenters. The summed E-state index contributed by atoms with van der Waals surface area (Å²) in [6.45, 7) is 2.06. The number of rotatable bonds is 5. The third-order valence-corrected chi connectivity index (χ3v) is 1.73. The average molecular weight is 180 g/mol. The van der Waals surface area contributed by atoms with Crippen molar-refractivity contribution in [3.8, 4) is 0 Å². The van der Waals surface area contributed by atoms with Crippen LogP contribution in [0.2, 0.25) is 0 Å². The zero-order valence-electron chi connectivity index (χ0n) is 6.89. The smallest absolute Gasteiger partial charge is 0.324 e. The molecule has 0 bridgehead atoms. The van der Waals surface area contributed by atoms with Gasteiger partial charge in [-0.1, -0.05) is 19.8 Å². The molecule has 66 valence electrons. The summed E-state index contributed by atoms with van der Waals surface area (Å²) in [7, 11) is 1.36. The molecule has 0 aromatic rings. The lowest BCUT2D eigenvalue weighted by atomic mass is 10.1. The van der Waals surface area contributed by atoms with Crippen LogP contribution in [0.15, 0.2) is 0 Å². The highest BCUT2D eigenvalue weighted by molar-refractivity contribution is 6.14. The zero-order chi connectivity index (χ0) is 8.69. The van der Waals surface area contributed by atoms with E-state index in [4.69, 9.17) is 11.8 Å². The number of ether oxygens (including phenoxy) is 1. The van der Waals surface area contributed by atoms with E-state index in [2.05, 4.69) is 16.5 Å². The van der Waals surface area contributed by atoms with Gasteiger partial charge in [-0.2, -0.15) is 0 Å². The van der Waals surface area contributed by atoms with Crippen LogP contribution in [0.1, 0.15) is 26.2 Å². The molecule has 4 heteroatoms. The van der Waals surface area contributed by atoms with Crippen LogP contribution in [-0.2, 0) is 9.53 Å². The Balaban J connectivity index is 3.65. The molecule has 0 fully saturated rings. The van der Waals surface area contributed by atoms with Crippen LogP contribution in [0.4, 0.5) is 0 Å². The normalized spacial score (nSPS) is 12.6. The van der Waals surface area contributed by atoms with Gasteiger partial charge < -0.3 is 4.74 Å². The molecule has 0 spiro atoms. The molecule has 0 rings (SSSR count). The molecule has 0 aliphatic carbocycles. The van der Waals surface area contributed by atoms with Crippen molar-refractivity contribution in [3.63, 3.8) is 0 Å². The Morgan fingerprint density at radius 2 is 2.36 bits per heavy atom. The lowest BCUT2D eigenvalue weighted by Gasteiger charge is -2.10. The average Bonchev–Trinajstić information content (AvgIpc) is 2.05. The van der Waals surface area contributed by atoms with Gasteiger partial charge in [-0.15, -0.1) is 0 Å². The van der Waals surface area contributed by atoms with E-state index in [-0.39, 0.29) is 12.0 Å². The summed E-state index contributed by atoms with van der Waals surface area (Å²) in [5.74, 6) is -0.298. The van der Waals surface area contributed by atoms with Crippen LogP contribution in [0, 0.1) is 0 Å². The van der Waals surface area contributed by atoms with Gasteiger partial charge in [0.25, 0.3) is 0 Å². The van der Waals surface area contributed by atoms with Gasteiger partial charge in [-0.3, -0.25) is 4.79 Å². The van der Waals surface area contributed by atoms with Gasteiger partial charge in [0.1, 0.15) is 6.04 Å². The number of hydrogen-bond acceptors (Lipinski definition) is 3. The molecular formula is C7H14ClNO2. The zero-order valence-corrected chi connectivity index (χ0v) is 7.65. The fraction of sp³-hybridized carbons (Fsp3) is 0.857. The first kappa shape index (κ1) is 10.7. The van der Waals surface area contributed by atoms with E-state index in [1.807, 2.05) is 0 Å². The maximum absolute atomic E-state index is 10.9. The summed E-state index contributed by atoms with van der Waals surface area (Å²) >= 11 is 5.33. The van der Waals surface area contributed by atoms with Crippen molar-refractivity contribution < 1.29 is 9.53 Å². The molecule has 0 saturated heterocycles. The predicted molar refractivity (Wildman–Crippen MR) is 44.3 cm³/mol. The number of methoxy groups -OCH3 is 1. The Kier molecular flexibility index (Phi) is 6.27. The largest absolute Gasteiger partial charge is 0.468 e. The van der Waals surface area contributed by atoms with E-state index >= 15 is 0 Å². The first-order chi connectivity index (χ1) is 5.26. The molecule has 0 aromatic heterocycles. The third kappa shape index (κ3) is 4.22. The monoisotopic (exact) mass is 179 g/mol. The van der Waals surface area contributed by atoms with Crippen LogP contribution < -0.4 is 4.84 Å². The second-order valence-electron chi connectivity index (χ2n) is 2.33. The van der Waals surface area contributed by atoms with E-state index < -0.39 is 0 Å². The molecule has 0 radical (unpaired) electrons. The molecular weight excluding hydrogens is 166 g/mol. The molecule has 3 nitrogen and oxygen atoms in total. The minimum atomic E-state index is -0.360. The number of unbranched alkanes of at least 4 members (excludes halogenated alkanes) is 1. The SMILES string of the molecule is CCCCC(NCl)C(=O)OC. The van der Waals surface area contributed by atoms with Gasteiger partial charge >= 0.3 is 5.97 Å². The summed E-state index contributed by atoms with van der Waals surface area (Å²) in [4.78, 5) is 13.3. The highest BCUT2D eigenvalue weighted by atomic mass is 35.5. The van der Waals surface area contributed by atoms with Crippen molar-refractivity contribution in [1.82, 2.24) is 4.84 Å². The van der Waals surface area contributed by atoms with E-state index in [1.54, 1.807) is 0 Å². The van der Waals surface area contributed by atoms with Crippen LogP contribution in [0.3, 0.4) is 0 Å². The van der Waals surface area contributed by atoms with Crippen molar-refractivity contribution in [2.45, 2.75) is 32.2 Å². The molecule has 1 unspecified atom stereocenters. The molecule has 0 saturated carbocycles. The Morgan fingerprint density at radius 1 is 1.73 bits per heavy atom. The van der Waals surface area contributed by atoms with Gasteiger partial charge in [0.2, 0.25) is 0 Å². The first-order valence-corrected chi connectivity index (χ1v) is 4.08. The number of carbonyl (C=O) groups is 1. The number of carbonyl (C=O) groups excluding carboxylic acids is 1. The molecule has 0 amide bonds. The van der Waals surface area contributed by atoms with Gasteiger partial charge in [0.15, 0.2) is 0 Å². The summed E-state index contributed by atoms with van der Waals surface area (Å²) < 4.78 is 4.51. The van der Waals surface area contributed by atoms with Crippen molar-refractivity contribution in [3.05, 3.63) is 0 Å². The summed E-state index contributed by atoms with van der Waals surface area (Å²) in [6, 6.07) is -0.360. The predicted octanol–water partition coefficient (Wildman–Crippen LogP) is 1.46. The lowest BCUT2D eigenvalue weighted by Crippen LogP contribution is -2.31. The second-order valence-corrected chi connectivity index (χ2v) is 2.55.